The second-order valence-corrected chi connectivity index (χ2v) is 6.39. The second-order valence-electron chi connectivity index (χ2n) is 5.96. The average Bonchev–Trinajstić information content (AvgIpc) is 2.66. The van der Waals surface area contributed by atoms with Gasteiger partial charge in [-0.25, -0.2) is 4.68 Å². The van der Waals surface area contributed by atoms with Gasteiger partial charge in [0, 0.05) is 28.8 Å². The number of halogens is 1. The summed E-state index contributed by atoms with van der Waals surface area (Å²) in [5, 5.41) is 7.72. The van der Waals surface area contributed by atoms with Crippen LogP contribution in [0.4, 0.5) is 0 Å². The van der Waals surface area contributed by atoms with Crippen LogP contribution in [0.5, 0.6) is 0 Å². The highest BCUT2D eigenvalue weighted by molar-refractivity contribution is 6.30. The molecule has 1 amide bonds. The highest BCUT2D eigenvalue weighted by Crippen LogP contribution is 2.18. The number of amides is 1. The first-order chi connectivity index (χ1) is 12.5. The number of rotatable bonds is 4. The molecule has 0 saturated carbocycles. The molecular formula is C20H18ClN3O2. The maximum atomic E-state index is 12.4. The molecule has 0 bridgehead atoms. The molecule has 0 aliphatic heterocycles. The fourth-order valence-electron chi connectivity index (χ4n) is 2.62. The quantitative estimate of drug-likeness (QED) is 0.769. The molecule has 0 radical (unpaired) electrons. The zero-order valence-corrected chi connectivity index (χ0v) is 15.2. The Kier molecular flexibility index (Phi) is 5.19. The van der Waals surface area contributed by atoms with E-state index in [4.69, 9.17) is 11.6 Å². The van der Waals surface area contributed by atoms with Gasteiger partial charge in [-0.1, -0.05) is 35.9 Å². The number of benzene rings is 2. The number of nitrogens with zero attached hydrogens (tertiary/aromatic N) is 2. The van der Waals surface area contributed by atoms with Gasteiger partial charge in [-0.3, -0.25) is 9.59 Å². The van der Waals surface area contributed by atoms with E-state index in [0.717, 1.165) is 11.1 Å². The van der Waals surface area contributed by atoms with Gasteiger partial charge in [-0.05, 0) is 42.8 Å². The predicted molar refractivity (Wildman–Crippen MR) is 103 cm³/mol. The van der Waals surface area contributed by atoms with Crippen LogP contribution in [0.1, 0.15) is 21.5 Å². The van der Waals surface area contributed by atoms with Crippen molar-refractivity contribution in [2.24, 2.45) is 0 Å². The summed E-state index contributed by atoms with van der Waals surface area (Å²) in [5.74, 6) is -0.145. The molecule has 2 aromatic carbocycles. The summed E-state index contributed by atoms with van der Waals surface area (Å²) >= 11 is 5.91. The van der Waals surface area contributed by atoms with Crippen LogP contribution in [0.15, 0.2) is 59.4 Å². The standard InChI is InChI=1S/C20H18ClN3O2/c1-13-11-18(15-5-7-16(8-6-15)19(25)22-2)23-24(20(13)26)12-14-3-9-17(21)10-4-14/h3-11H,12H2,1-2H3,(H,22,25). The third-order valence-electron chi connectivity index (χ3n) is 4.07. The summed E-state index contributed by atoms with van der Waals surface area (Å²) < 4.78 is 1.45. The monoisotopic (exact) mass is 367 g/mol. The topological polar surface area (TPSA) is 64.0 Å². The van der Waals surface area contributed by atoms with Crippen molar-refractivity contribution in [3.63, 3.8) is 0 Å². The molecule has 5 nitrogen and oxygen atoms in total. The van der Waals surface area contributed by atoms with Gasteiger partial charge < -0.3 is 5.32 Å². The maximum absolute atomic E-state index is 12.4. The average molecular weight is 368 g/mol. The van der Waals surface area contributed by atoms with Gasteiger partial charge in [0.15, 0.2) is 0 Å². The van der Waals surface area contributed by atoms with E-state index in [9.17, 15) is 9.59 Å². The Morgan fingerprint density at radius 3 is 2.38 bits per heavy atom. The minimum Gasteiger partial charge on any atom is -0.355 e. The Morgan fingerprint density at radius 2 is 1.77 bits per heavy atom. The normalized spacial score (nSPS) is 10.6. The van der Waals surface area contributed by atoms with Crippen LogP contribution < -0.4 is 10.9 Å². The van der Waals surface area contributed by atoms with Crippen molar-refractivity contribution < 1.29 is 4.79 Å². The van der Waals surface area contributed by atoms with Crippen molar-refractivity contribution in [1.29, 1.82) is 0 Å². The van der Waals surface area contributed by atoms with Crippen LogP contribution in [-0.2, 0) is 6.54 Å². The third-order valence-corrected chi connectivity index (χ3v) is 4.32. The first-order valence-corrected chi connectivity index (χ1v) is 8.51. The van der Waals surface area contributed by atoms with E-state index >= 15 is 0 Å². The largest absolute Gasteiger partial charge is 0.355 e. The SMILES string of the molecule is CNC(=O)c1ccc(-c2cc(C)c(=O)n(Cc3ccc(Cl)cc3)n2)cc1. The second kappa shape index (κ2) is 7.54. The van der Waals surface area contributed by atoms with Crippen molar-refractivity contribution in [3.8, 4) is 11.3 Å². The summed E-state index contributed by atoms with van der Waals surface area (Å²) in [7, 11) is 1.59. The highest BCUT2D eigenvalue weighted by Gasteiger charge is 2.09. The van der Waals surface area contributed by atoms with Crippen molar-refractivity contribution in [2.45, 2.75) is 13.5 Å². The number of hydrogen-bond acceptors (Lipinski definition) is 3. The third kappa shape index (κ3) is 3.83. The molecule has 0 aliphatic rings. The molecule has 0 aliphatic carbocycles. The van der Waals surface area contributed by atoms with Gasteiger partial charge >= 0.3 is 0 Å². The van der Waals surface area contributed by atoms with Crippen LogP contribution in [0, 0.1) is 6.92 Å². The summed E-state index contributed by atoms with van der Waals surface area (Å²) in [6, 6.07) is 16.2. The lowest BCUT2D eigenvalue weighted by Crippen LogP contribution is -2.25. The van der Waals surface area contributed by atoms with Crippen LogP contribution in [0.2, 0.25) is 5.02 Å². The number of nitrogens with one attached hydrogen (secondary N) is 1. The number of hydrogen-bond donors (Lipinski definition) is 1. The van der Waals surface area contributed by atoms with Crippen molar-refractivity contribution in [3.05, 3.63) is 86.7 Å². The van der Waals surface area contributed by atoms with Crippen molar-refractivity contribution in [1.82, 2.24) is 15.1 Å². The van der Waals surface area contributed by atoms with E-state index in [-0.39, 0.29) is 11.5 Å². The fourth-order valence-corrected chi connectivity index (χ4v) is 2.75. The van der Waals surface area contributed by atoms with E-state index < -0.39 is 0 Å². The molecule has 1 aromatic heterocycles. The molecule has 132 valence electrons. The first-order valence-electron chi connectivity index (χ1n) is 8.13. The van der Waals surface area contributed by atoms with Gasteiger partial charge in [-0.15, -0.1) is 0 Å². The minimum absolute atomic E-state index is 0.134. The van der Waals surface area contributed by atoms with Crippen LogP contribution in [0.25, 0.3) is 11.3 Å². The maximum Gasteiger partial charge on any atom is 0.270 e. The number of carbonyl (C=O) groups is 1. The zero-order valence-electron chi connectivity index (χ0n) is 14.5. The van der Waals surface area contributed by atoms with E-state index in [1.165, 1.54) is 4.68 Å². The Hall–Kier alpha value is -2.92. The molecule has 1 heterocycles. The number of carbonyl (C=O) groups excluding carboxylic acids is 1. The van der Waals surface area contributed by atoms with Crippen molar-refractivity contribution >= 4 is 17.5 Å². The molecule has 3 aromatic rings. The lowest BCUT2D eigenvalue weighted by atomic mass is 10.1. The Balaban J connectivity index is 1.96. The Morgan fingerprint density at radius 1 is 1.12 bits per heavy atom. The Bertz CT molecular complexity index is 993. The van der Waals surface area contributed by atoms with E-state index in [1.807, 2.05) is 24.3 Å². The molecule has 6 heteroatoms. The van der Waals surface area contributed by atoms with Crippen LogP contribution in [0.3, 0.4) is 0 Å². The molecule has 0 spiro atoms. The summed E-state index contributed by atoms with van der Waals surface area (Å²) in [4.78, 5) is 24.1. The van der Waals surface area contributed by atoms with Gasteiger partial charge in [0.25, 0.3) is 11.5 Å². The van der Waals surface area contributed by atoms with E-state index in [2.05, 4.69) is 10.4 Å². The lowest BCUT2D eigenvalue weighted by Gasteiger charge is -2.10. The van der Waals surface area contributed by atoms with Crippen LogP contribution >= 0.6 is 11.6 Å². The zero-order chi connectivity index (χ0) is 18.7. The van der Waals surface area contributed by atoms with Gasteiger partial charge in [0.2, 0.25) is 0 Å². The molecule has 0 unspecified atom stereocenters. The molecule has 26 heavy (non-hydrogen) atoms. The van der Waals surface area contributed by atoms with E-state index in [1.54, 1.807) is 44.3 Å². The summed E-state index contributed by atoms with van der Waals surface area (Å²) in [6.07, 6.45) is 0. The number of aryl methyl sites for hydroxylation is 1. The van der Waals surface area contributed by atoms with Gasteiger partial charge in [0.1, 0.15) is 0 Å². The molecule has 1 N–H and O–H groups in total. The summed E-state index contributed by atoms with van der Waals surface area (Å²) in [6.45, 7) is 2.13. The van der Waals surface area contributed by atoms with Crippen LogP contribution in [-0.4, -0.2) is 22.7 Å². The first kappa shape index (κ1) is 17.9. The molecular weight excluding hydrogens is 350 g/mol. The lowest BCUT2D eigenvalue weighted by molar-refractivity contribution is 0.0963. The highest BCUT2D eigenvalue weighted by atomic mass is 35.5. The minimum atomic E-state index is -0.145. The fraction of sp³-hybridized carbons (Fsp3) is 0.150. The molecule has 0 fully saturated rings. The molecule has 0 saturated heterocycles. The Labute approximate surface area is 156 Å². The molecule has 3 rings (SSSR count). The number of aromatic nitrogens is 2. The predicted octanol–water partition coefficient (Wildman–Crippen LogP) is 3.28. The molecule has 0 atom stereocenters. The van der Waals surface area contributed by atoms with E-state index in [0.29, 0.717) is 28.4 Å². The smallest absolute Gasteiger partial charge is 0.270 e. The summed E-state index contributed by atoms with van der Waals surface area (Å²) in [5.41, 5.74) is 3.51. The van der Waals surface area contributed by atoms with Gasteiger partial charge in [0.05, 0.1) is 12.2 Å². The van der Waals surface area contributed by atoms with Crippen molar-refractivity contribution in [2.75, 3.05) is 7.05 Å². The van der Waals surface area contributed by atoms with Gasteiger partial charge in [-0.2, -0.15) is 5.10 Å².